The number of rotatable bonds is 2. The third kappa shape index (κ3) is 2.90. The van der Waals surface area contributed by atoms with E-state index >= 15 is 0 Å². The van der Waals surface area contributed by atoms with Crippen molar-refractivity contribution >= 4 is 29.5 Å². The predicted molar refractivity (Wildman–Crippen MR) is 86.0 cm³/mol. The Kier molecular flexibility index (Phi) is 3.62. The Morgan fingerprint density at radius 3 is 2.57 bits per heavy atom. The maximum Gasteiger partial charge on any atom is 0.342 e. The van der Waals surface area contributed by atoms with Crippen LogP contribution in [0, 0.1) is 6.92 Å². The molecule has 0 atom stereocenters. The standard InChI is InChI=1S/C16H14ClN3O/c1-11-8-13(10-14(17)9-11)12-2-4-15(5-3-12)20-16(21)18-6-7-19-20/h2-5,7-10H,6H2,1H3,(H,18,21). The molecule has 0 unspecified atom stereocenters. The Bertz CT molecular complexity index is 690. The van der Waals surface area contributed by atoms with Crippen molar-refractivity contribution < 1.29 is 4.79 Å². The van der Waals surface area contributed by atoms with Crippen molar-refractivity contribution in [2.75, 3.05) is 11.6 Å². The molecular formula is C16H14ClN3O. The van der Waals surface area contributed by atoms with Gasteiger partial charge in [0, 0.05) is 11.2 Å². The molecule has 0 radical (unpaired) electrons. The zero-order valence-corrected chi connectivity index (χ0v) is 12.3. The Morgan fingerprint density at radius 1 is 1.14 bits per heavy atom. The summed E-state index contributed by atoms with van der Waals surface area (Å²) in [5.41, 5.74) is 3.94. The van der Waals surface area contributed by atoms with Crippen LogP contribution in [-0.2, 0) is 0 Å². The maximum absolute atomic E-state index is 11.7. The molecule has 1 aliphatic heterocycles. The van der Waals surface area contributed by atoms with Gasteiger partial charge in [0.15, 0.2) is 0 Å². The Balaban J connectivity index is 1.92. The number of aryl methyl sites for hydroxylation is 1. The normalized spacial score (nSPS) is 14.2. The van der Waals surface area contributed by atoms with Crippen LogP contribution in [0.15, 0.2) is 47.6 Å². The summed E-state index contributed by atoms with van der Waals surface area (Å²) < 4.78 is 0. The maximum atomic E-state index is 11.7. The molecule has 1 N–H and O–H groups in total. The Morgan fingerprint density at radius 2 is 1.90 bits per heavy atom. The van der Waals surface area contributed by atoms with E-state index in [2.05, 4.69) is 16.5 Å². The van der Waals surface area contributed by atoms with Crippen LogP contribution < -0.4 is 10.3 Å². The second-order valence-corrected chi connectivity index (χ2v) is 5.30. The van der Waals surface area contributed by atoms with Crippen LogP contribution in [0.5, 0.6) is 0 Å². The van der Waals surface area contributed by atoms with Gasteiger partial charge in [-0.1, -0.05) is 29.8 Å². The van der Waals surface area contributed by atoms with Crippen LogP contribution in [0.2, 0.25) is 5.02 Å². The van der Waals surface area contributed by atoms with E-state index in [1.54, 1.807) is 6.21 Å². The molecule has 0 aliphatic carbocycles. The second-order valence-electron chi connectivity index (χ2n) is 4.86. The minimum absolute atomic E-state index is 0.219. The number of nitrogens with zero attached hydrogens (tertiary/aromatic N) is 2. The van der Waals surface area contributed by atoms with Gasteiger partial charge in [-0.25, -0.2) is 4.79 Å². The molecule has 2 aromatic carbocycles. The fraction of sp³-hybridized carbons (Fsp3) is 0.125. The summed E-state index contributed by atoms with van der Waals surface area (Å²) >= 11 is 6.09. The lowest BCUT2D eigenvalue weighted by Crippen LogP contribution is -2.41. The van der Waals surface area contributed by atoms with Crippen molar-refractivity contribution in [2.45, 2.75) is 6.92 Å². The van der Waals surface area contributed by atoms with Gasteiger partial charge < -0.3 is 5.32 Å². The Hall–Kier alpha value is -2.33. The average molecular weight is 300 g/mol. The monoisotopic (exact) mass is 299 g/mol. The largest absolute Gasteiger partial charge is 0.342 e. The molecule has 0 saturated heterocycles. The number of carbonyl (C=O) groups excluding carboxylic acids is 1. The van der Waals surface area contributed by atoms with E-state index in [-0.39, 0.29) is 6.03 Å². The molecule has 0 fully saturated rings. The van der Waals surface area contributed by atoms with Gasteiger partial charge in [-0.3, -0.25) is 0 Å². The lowest BCUT2D eigenvalue weighted by atomic mass is 10.0. The zero-order valence-electron chi connectivity index (χ0n) is 11.5. The molecule has 106 valence electrons. The number of hydrogen-bond acceptors (Lipinski definition) is 2. The van der Waals surface area contributed by atoms with Crippen molar-refractivity contribution in [3.63, 3.8) is 0 Å². The van der Waals surface area contributed by atoms with Crippen LogP contribution in [-0.4, -0.2) is 18.8 Å². The van der Waals surface area contributed by atoms with Gasteiger partial charge in [-0.05, 0) is 47.9 Å². The number of halogens is 1. The highest BCUT2D eigenvalue weighted by Gasteiger charge is 2.16. The van der Waals surface area contributed by atoms with E-state index in [1.165, 1.54) is 5.01 Å². The van der Waals surface area contributed by atoms with Crippen molar-refractivity contribution in [3.05, 3.63) is 53.1 Å². The molecule has 1 heterocycles. The molecule has 0 bridgehead atoms. The summed E-state index contributed by atoms with van der Waals surface area (Å²) in [6.45, 7) is 2.48. The molecule has 2 aromatic rings. The van der Waals surface area contributed by atoms with Crippen molar-refractivity contribution in [1.29, 1.82) is 0 Å². The number of amides is 2. The number of carbonyl (C=O) groups is 1. The second kappa shape index (κ2) is 5.58. The van der Waals surface area contributed by atoms with E-state index in [9.17, 15) is 4.79 Å². The van der Waals surface area contributed by atoms with Crippen LogP contribution in [0.3, 0.4) is 0 Å². The smallest absolute Gasteiger partial charge is 0.331 e. The highest BCUT2D eigenvalue weighted by molar-refractivity contribution is 6.31. The van der Waals surface area contributed by atoms with Crippen molar-refractivity contribution in [2.24, 2.45) is 5.10 Å². The number of hydrazone groups is 1. The fourth-order valence-corrected chi connectivity index (χ4v) is 2.55. The summed E-state index contributed by atoms with van der Waals surface area (Å²) in [7, 11) is 0. The molecule has 0 spiro atoms. The lowest BCUT2D eigenvalue weighted by Gasteiger charge is -2.20. The third-order valence-corrected chi connectivity index (χ3v) is 3.44. The first-order chi connectivity index (χ1) is 10.1. The topological polar surface area (TPSA) is 44.7 Å². The van der Waals surface area contributed by atoms with Gasteiger partial charge in [0.1, 0.15) is 0 Å². The van der Waals surface area contributed by atoms with E-state index in [0.717, 1.165) is 22.4 Å². The summed E-state index contributed by atoms with van der Waals surface area (Å²) in [4.78, 5) is 11.7. The van der Waals surface area contributed by atoms with Crippen LogP contribution >= 0.6 is 11.6 Å². The number of urea groups is 1. The van der Waals surface area contributed by atoms with E-state index in [1.807, 2.05) is 43.3 Å². The quantitative estimate of drug-likeness (QED) is 0.900. The molecule has 3 rings (SSSR count). The first-order valence-electron chi connectivity index (χ1n) is 6.61. The molecule has 4 nitrogen and oxygen atoms in total. The van der Waals surface area contributed by atoms with Crippen LogP contribution in [0.4, 0.5) is 10.5 Å². The van der Waals surface area contributed by atoms with Crippen LogP contribution in [0.1, 0.15) is 5.56 Å². The van der Waals surface area contributed by atoms with Gasteiger partial charge in [-0.2, -0.15) is 10.1 Å². The molecular weight excluding hydrogens is 286 g/mol. The zero-order chi connectivity index (χ0) is 14.8. The Labute approximate surface area is 128 Å². The lowest BCUT2D eigenvalue weighted by molar-refractivity contribution is 0.247. The number of anilines is 1. The molecule has 5 heteroatoms. The van der Waals surface area contributed by atoms with Gasteiger partial charge in [-0.15, -0.1) is 0 Å². The third-order valence-electron chi connectivity index (χ3n) is 3.22. The van der Waals surface area contributed by atoms with E-state index in [4.69, 9.17) is 11.6 Å². The molecule has 1 aliphatic rings. The number of benzene rings is 2. The highest BCUT2D eigenvalue weighted by Crippen LogP contribution is 2.27. The van der Waals surface area contributed by atoms with Gasteiger partial charge in [0.2, 0.25) is 0 Å². The number of nitrogens with one attached hydrogen (secondary N) is 1. The fourth-order valence-electron chi connectivity index (χ4n) is 2.26. The van der Waals surface area contributed by atoms with E-state index < -0.39 is 0 Å². The van der Waals surface area contributed by atoms with Crippen molar-refractivity contribution in [1.82, 2.24) is 5.32 Å². The van der Waals surface area contributed by atoms with E-state index in [0.29, 0.717) is 11.6 Å². The molecule has 0 saturated carbocycles. The molecule has 0 aromatic heterocycles. The summed E-state index contributed by atoms with van der Waals surface area (Å²) in [6.07, 6.45) is 1.66. The SMILES string of the molecule is Cc1cc(Cl)cc(-c2ccc(N3N=CCNC3=O)cc2)c1. The summed E-state index contributed by atoms with van der Waals surface area (Å²) in [5.74, 6) is 0. The highest BCUT2D eigenvalue weighted by atomic mass is 35.5. The predicted octanol–water partition coefficient (Wildman–Crippen LogP) is 3.83. The van der Waals surface area contributed by atoms with Gasteiger partial charge in [0.05, 0.1) is 12.2 Å². The first-order valence-corrected chi connectivity index (χ1v) is 6.99. The molecule has 21 heavy (non-hydrogen) atoms. The molecule has 2 amide bonds. The van der Waals surface area contributed by atoms with Crippen molar-refractivity contribution in [3.8, 4) is 11.1 Å². The minimum atomic E-state index is -0.219. The number of hydrogen-bond donors (Lipinski definition) is 1. The summed E-state index contributed by atoms with van der Waals surface area (Å²) in [5, 5.41) is 8.86. The van der Waals surface area contributed by atoms with Gasteiger partial charge >= 0.3 is 6.03 Å². The van der Waals surface area contributed by atoms with Crippen LogP contribution in [0.25, 0.3) is 11.1 Å². The minimum Gasteiger partial charge on any atom is -0.331 e. The van der Waals surface area contributed by atoms with Gasteiger partial charge in [0.25, 0.3) is 0 Å². The average Bonchev–Trinajstić information content (AvgIpc) is 2.47. The summed E-state index contributed by atoms with van der Waals surface area (Å²) in [6, 6.07) is 13.4. The first kappa shape index (κ1) is 13.6.